The molecule has 0 spiro atoms. The molecule has 3 atom stereocenters. The van der Waals surface area contributed by atoms with E-state index in [0.29, 0.717) is 29.8 Å². The molecule has 41 heavy (non-hydrogen) atoms. The zero-order valence-electron chi connectivity index (χ0n) is 24.0. The number of hydrogen-bond acceptors (Lipinski definition) is 6. The van der Waals surface area contributed by atoms with Gasteiger partial charge >= 0.3 is 6.09 Å². The fourth-order valence-electron chi connectivity index (χ4n) is 7.14. The van der Waals surface area contributed by atoms with E-state index in [9.17, 15) is 17.6 Å². The first-order valence-corrected chi connectivity index (χ1v) is 16.5. The molecule has 3 aliphatic carbocycles. The Morgan fingerprint density at radius 2 is 1.71 bits per heavy atom. The molecular weight excluding hydrogens is 545 g/mol. The predicted octanol–water partition coefficient (Wildman–Crippen LogP) is 6.20. The first-order chi connectivity index (χ1) is 19.7. The summed E-state index contributed by atoms with van der Waals surface area (Å²) in [5.74, 6) is 0.908. The topological polar surface area (TPSA) is 90.9 Å². The third-order valence-electron chi connectivity index (χ3n) is 9.56. The summed E-state index contributed by atoms with van der Waals surface area (Å²) < 4.78 is 56.0. The van der Waals surface area contributed by atoms with Gasteiger partial charge < -0.3 is 19.5 Å². The summed E-state index contributed by atoms with van der Waals surface area (Å²) in [5.41, 5.74) is 0.701. The summed E-state index contributed by atoms with van der Waals surface area (Å²) in [6.07, 6.45) is 7.82. The number of carbonyl (C=O) groups is 1. The highest BCUT2D eigenvalue weighted by atomic mass is 32.2. The van der Waals surface area contributed by atoms with Gasteiger partial charge in [0.05, 0.1) is 30.0 Å². The van der Waals surface area contributed by atoms with Gasteiger partial charge in [-0.25, -0.2) is 17.6 Å². The third-order valence-corrected chi connectivity index (χ3v) is 11.8. The molecular formula is C32H42FNO6S. The van der Waals surface area contributed by atoms with Crippen LogP contribution in [0.4, 0.5) is 9.18 Å². The second-order valence-electron chi connectivity index (χ2n) is 12.0. The van der Waals surface area contributed by atoms with Crippen LogP contribution in [0.1, 0.15) is 70.3 Å². The van der Waals surface area contributed by atoms with Crippen LogP contribution < -0.4 is 10.1 Å². The number of methoxy groups -OCH3 is 1. The van der Waals surface area contributed by atoms with Gasteiger partial charge in [-0.2, -0.15) is 0 Å². The number of carbonyl (C=O) groups excluding carboxylic acids is 1. The van der Waals surface area contributed by atoms with Gasteiger partial charge in [-0.05, 0) is 105 Å². The maximum Gasteiger partial charge on any atom is 0.407 e. The van der Waals surface area contributed by atoms with E-state index in [1.165, 1.54) is 13.2 Å². The molecule has 3 saturated carbocycles. The van der Waals surface area contributed by atoms with Crippen molar-refractivity contribution in [2.24, 2.45) is 11.8 Å². The van der Waals surface area contributed by atoms with Crippen LogP contribution in [0, 0.1) is 17.7 Å². The van der Waals surface area contributed by atoms with Gasteiger partial charge in [-0.3, -0.25) is 0 Å². The molecule has 0 aliphatic heterocycles. The molecule has 3 fully saturated rings. The van der Waals surface area contributed by atoms with Crippen molar-refractivity contribution in [2.45, 2.75) is 92.4 Å². The number of halogens is 1. The molecule has 3 aliphatic rings. The Balaban J connectivity index is 1.16. The van der Waals surface area contributed by atoms with Crippen LogP contribution in [0.25, 0.3) is 0 Å². The molecule has 7 nitrogen and oxygen atoms in total. The molecule has 5 rings (SSSR count). The Kier molecular flexibility index (Phi) is 9.24. The average molecular weight is 588 g/mol. The van der Waals surface area contributed by atoms with Gasteiger partial charge in [0.2, 0.25) is 0 Å². The first-order valence-electron chi connectivity index (χ1n) is 14.9. The van der Waals surface area contributed by atoms with Crippen LogP contribution in [0.3, 0.4) is 0 Å². The number of hydrogen-bond donors (Lipinski definition) is 1. The number of rotatable bonds is 11. The highest BCUT2D eigenvalue weighted by Gasteiger charge is 2.49. The minimum atomic E-state index is -3.20. The Morgan fingerprint density at radius 1 is 0.976 bits per heavy atom. The van der Waals surface area contributed by atoms with Gasteiger partial charge in [0.15, 0.2) is 9.84 Å². The quantitative estimate of drug-likeness (QED) is 0.315. The van der Waals surface area contributed by atoms with E-state index in [1.54, 1.807) is 36.4 Å². The average Bonchev–Trinajstić information content (AvgIpc) is 3.75. The molecule has 0 aromatic heterocycles. The van der Waals surface area contributed by atoms with E-state index in [1.807, 2.05) is 6.07 Å². The van der Waals surface area contributed by atoms with E-state index in [2.05, 4.69) is 12.2 Å². The van der Waals surface area contributed by atoms with E-state index in [4.69, 9.17) is 14.2 Å². The van der Waals surface area contributed by atoms with Crippen LogP contribution in [0.2, 0.25) is 0 Å². The van der Waals surface area contributed by atoms with Gasteiger partial charge in [0.1, 0.15) is 18.2 Å². The second kappa shape index (κ2) is 12.7. The summed E-state index contributed by atoms with van der Waals surface area (Å²) in [5, 5.41) is 2.84. The number of nitrogens with one attached hydrogen (secondary N) is 1. The molecule has 1 amide bonds. The van der Waals surface area contributed by atoms with Crippen LogP contribution >= 0.6 is 0 Å². The monoisotopic (exact) mass is 587 g/mol. The smallest absolute Gasteiger partial charge is 0.407 e. The summed E-state index contributed by atoms with van der Waals surface area (Å²) in [4.78, 5) is 12.5. The summed E-state index contributed by atoms with van der Waals surface area (Å²) in [6.45, 7) is 3.09. The minimum absolute atomic E-state index is 0.00952. The molecule has 2 aromatic rings. The van der Waals surface area contributed by atoms with Crippen molar-refractivity contribution < 1.29 is 31.8 Å². The van der Waals surface area contributed by atoms with Gasteiger partial charge in [0.25, 0.3) is 0 Å². The largest absolute Gasteiger partial charge is 0.491 e. The van der Waals surface area contributed by atoms with Crippen LogP contribution in [-0.4, -0.2) is 52.2 Å². The third kappa shape index (κ3) is 6.72. The summed E-state index contributed by atoms with van der Waals surface area (Å²) in [7, 11) is -1.81. The predicted molar refractivity (Wildman–Crippen MR) is 154 cm³/mol. The lowest BCUT2D eigenvalue weighted by Gasteiger charge is -2.48. The molecule has 1 N–H and O–H groups in total. The molecule has 0 heterocycles. The standard InChI is InChI=1S/C32H42FNO6S/c1-32(23-5-3-6-24(33)21-23,29-7-4-8-30(29)34-31(35)38-2)22-9-11-25(12-10-22)39-19-20-40-26-13-15-27(16-14-26)41(36,37)28-17-18-28/h3,5-6,13-16,21-22,25,28-30H,4,7-12,17-20H2,1-2H3,(H,34,35)/t22-,25-,29-,30-,32?/m0/s1. The van der Waals surface area contributed by atoms with Crippen molar-refractivity contribution in [3.05, 3.63) is 59.9 Å². The number of benzene rings is 2. The lowest BCUT2D eigenvalue weighted by Crippen LogP contribution is -2.50. The van der Waals surface area contributed by atoms with Crippen molar-refractivity contribution in [3.8, 4) is 5.75 Å². The van der Waals surface area contributed by atoms with Crippen LogP contribution in [-0.2, 0) is 24.7 Å². The van der Waals surface area contributed by atoms with Gasteiger partial charge in [-0.1, -0.05) is 25.5 Å². The summed E-state index contributed by atoms with van der Waals surface area (Å²) in [6, 6.07) is 13.6. The maximum atomic E-state index is 14.4. The Hall–Kier alpha value is -2.65. The van der Waals surface area contributed by atoms with E-state index >= 15 is 0 Å². The van der Waals surface area contributed by atoms with Crippen molar-refractivity contribution in [3.63, 3.8) is 0 Å². The van der Waals surface area contributed by atoms with Crippen molar-refractivity contribution in [2.75, 3.05) is 20.3 Å². The molecule has 224 valence electrons. The van der Waals surface area contributed by atoms with Crippen molar-refractivity contribution >= 4 is 15.9 Å². The SMILES string of the molecule is COC(=O)N[C@H]1CCC[C@@H]1C(C)(c1cccc(F)c1)[C@H]1CC[C@H](OCCOc2ccc(S(=O)(=O)C3CC3)cc2)CC1. The van der Waals surface area contributed by atoms with Gasteiger partial charge in [-0.15, -0.1) is 0 Å². The molecule has 1 unspecified atom stereocenters. The Bertz CT molecular complexity index is 1290. The molecule has 0 bridgehead atoms. The van der Waals surface area contributed by atoms with Crippen molar-refractivity contribution in [1.82, 2.24) is 5.32 Å². The molecule has 0 radical (unpaired) electrons. The van der Waals surface area contributed by atoms with Gasteiger partial charge in [0, 0.05) is 11.5 Å². The van der Waals surface area contributed by atoms with Crippen LogP contribution in [0.15, 0.2) is 53.4 Å². The van der Waals surface area contributed by atoms with E-state index < -0.39 is 15.9 Å². The zero-order chi connectivity index (χ0) is 29.0. The Labute approximate surface area is 243 Å². The first kappa shape index (κ1) is 29.8. The molecule has 9 heteroatoms. The number of alkyl carbamates (subject to hydrolysis) is 1. The highest BCUT2D eigenvalue weighted by molar-refractivity contribution is 7.92. The Morgan fingerprint density at radius 3 is 2.37 bits per heavy atom. The van der Waals surface area contributed by atoms with Crippen molar-refractivity contribution in [1.29, 1.82) is 0 Å². The molecule has 0 saturated heterocycles. The van der Waals surface area contributed by atoms with Crippen LogP contribution in [0.5, 0.6) is 5.75 Å². The number of amides is 1. The fourth-order valence-corrected chi connectivity index (χ4v) is 8.79. The van der Waals surface area contributed by atoms with E-state index in [0.717, 1.165) is 63.4 Å². The minimum Gasteiger partial charge on any atom is -0.491 e. The number of sulfone groups is 1. The lowest BCUT2D eigenvalue weighted by atomic mass is 9.58. The number of ether oxygens (including phenoxy) is 3. The molecule has 2 aromatic carbocycles. The fraction of sp³-hybridized carbons (Fsp3) is 0.594. The zero-order valence-corrected chi connectivity index (χ0v) is 24.8. The maximum absolute atomic E-state index is 14.4. The van der Waals surface area contributed by atoms with E-state index in [-0.39, 0.29) is 34.5 Å². The second-order valence-corrected chi connectivity index (χ2v) is 14.2. The summed E-state index contributed by atoms with van der Waals surface area (Å²) >= 11 is 0. The lowest BCUT2D eigenvalue weighted by molar-refractivity contribution is -0.00978. The normalized spacial score (nSPS) is 26.2. The highest BCUT2D eigenvalue weighted by Crippen LogP contribution is 2.51.